The zero-order chi connectivity index (χ0) is 11.3. The van der Waals surface area contributed by atoms with Crippen LogP contribution >= 0.6 is 0 Å². The number of nitrogens with one attached hydrogen (secondary N) is 1. The van der Waals surface area contributed by atoms with Crippen LogP contribution in [0.15, 0.2) is 0 Å². The third-order valence-corrected chi connectivity index (χ3v) is 4.62. The zero-order valence-corrected chi connectivity index (χ0v) is 10.6. The van der Waals surface area contributed by atoms with Crippen molar-refractivity contribution < 1.29 is 9.32 Å². The van der Waals surface area contributed by atoms with Crippen molar-refractivity contribution in [1.29, 1.82) is 0 Å². The van der Waals surface area contributed by atoms with Crippen LogP contribution in [0.25, 0.3) is 0 Å². The third-order valence-electron chi connectivity index (χ3n) is 3.25. The summed E-state index contributed by atoms with van der Waals surface area (Å²) in [7, 11) is -0.728. The lowest BCUT2D eigenvalue weighted by Gasteiger charge is -2.28. The van der Waals surface area contributed by atoms with Gasteiger partial charge < -0.3 is 10.4 Å². The molecule has 0 bridgehead atoms. The van der Waals surface area contributed by atoms with Gasteiger partial charge in [-0.05, 0) is 25.8 Å². The summed E-state index contributed by atoms with van der Waals surface area (Å²) in [6, 6.07) is 0.260. The average Bonchev–Trinajstić information content (AvgIpc) is 2.20. The summed E-state index contributed by atoms with van der Waals surface area (Å²) in [5.41, 5.74) is 0. The monoisotopic (exact) mass is 233 g/mol. The van der Waals surface area contributed by atoms with Gasteiger partial charge >= 0.3 is 0 Å². The largest absolute Gasteiger partial charge is 0.392 e. The van der Waals surface area contributed by atoms with Gasteiger partial charge in [0.25, 0.3) is 0 Å². The minimum absolute atomic E-state index is 0.179. The van der Waals surface area contributed by atoms with Crippen molar-refractivity contribution >= 4 is 10.8 Å². The van der Waals surface area contributed by atoms with Crippen LogP contribution in [0.4, 0.5) is 0 Å². The minimum atomic E-state index is -0.728. The van der Waals surface area contributed by atoms with Crippen LogP contribution in [0.3, 0.4) is 0 Å². The highest BCUT2D eigenvalue weighted by molar-refractivity contribution is 7.84. The molecule has 0 amide bonds. The van der Waals surface area contributed by atoms with Gasteiger partial charge in [0.15, 0.2) is 0 Å². The molecule has 4 heteroatoms. The number of aliphatic hydroxyl groups excluding tert-OH is 1. The van der Waals surface area contributed by atoms with Gasteiger partial charge in [-0.15, -0.1) is 0 Å². The molecule has 0 spiro atoms. The lowest BCUT2D eigenvalue weighted by atomic mass is 9.92. The molecular weight excluding hydrogens is 210 g/mol. The molecule has 0 aromatic heterocycles. The number of hydrogen-bond donors (Lipinski definition) is 2. The molecule has 0 aliphatic heterocycles. The van der Waals surface area contributed by atoms with Crippen molar-refractivity contribution in [3.8, 4) is 0 Å². The van der Waals surface area contributed by atoms with E-state index in [0.717, 1.165) is 32.2 Å². The van der Waals surface area contributed by atoms with Crippen LogP contribution < -0.4 is 5.32 Å². The second-order valence-electron chi connectivity index (χ2n) is 4.51. The van der Waals surface area contributed by atoms with Crippen molar-refractivity contribution in [1.82, 2.24) is 5.32 Å². The Morgan fingerprint density at radius 1 is 1.47 bits per heavy atom. The van der Waals surface area contributed by atoms with Crippen LogP contribution in [0.5, 0.6) is 0 Å². The first-order valence-electron chi connectivity index (χ1n) is 5.85. The van der Waals surface area contributed by atoms with E-state index in [9.17, 15) is 9.32 Å². The standard InChI is InChI=1S/C11H23NO2S/c1-9(15(2)14)7-8-12-10-5-3-4-6-11(10)13/h9-13H,3-8H2,1-2H3. The fourth-order valence-corrected chi connectivity index (χ4v) is 2.44. The number of rotatable bonds is 5. The Balaban J connectivity index is 2.16. The lowest BCUT2D eigenvalue weighted by Crippen LogP contribution is -2.43. The normalized spacial score (nSPS) is 31.1. The summed E-state index contributed by atoms with van der Waals surface area (Å²) in [6.45, 7) is 2.87. The van der Waals surface area contributed by atoms with Crippen molar-refractivity contribution in [3.63, 3.8) is 0 Å². The molecule has 1 rings (SSSR count). The molecule has 0 radical (unpaired) electrons. The van der Waals surface area contributed by atoms with E-state index in [0.29, 0.717) is 0 Å². The fraction of sp³-hybridized carbons (Fsp3) is 1.00. The molecule has 1 saturated carbocycles. The highest BCUT2D eigenvalue weighted by Crippen LogP contribution is 2.18. The predicted molar refractivity (Wildman–Crippen MR) is 64.4 cm³/mol. The molecule has 0 saturated heterocycles. The Hall–Kier alpha value is 0.0700. The van der Waals surface area contributed by atoms with E-state index < -0.39 is 10.8 Å². The molecule has 0 aromatic rings. The Morgan fingerprint density at radius 2 is 2.13 bits per heavy atom. The third kappa shape index (κ3) is 4.62. The first-order valence-corrected chi connectivity index (χ1v) is 7.47. The smallest absolute Gasteiger partial charge is 0.0693 e. The molecule has 4 atom stereocenters. The van der Waals surface area contributed by atoms with Gasteiger partial charge in [-0.1, -0.05) is 19.8 Å². The Bertz CT molecular complexity index is 211. The molecular formula is C11H23NO2S. The van der Waals surface area contributed by atoms with E-state index in [2.05, 4.69) is 5.32 Å². The maximum absolute atomic E-state index is 11.1. The molecule has 1 aliphatic carbocycles. The van der Waals surface area contributed by atoms with E-state index >= 15 is 0 Å². The van der Waals surface area contributed by atoms with Crippen molar-refractivity contribution in [3.05, 3.63) is 0 Å². The predicted octanol–water partition coefficient (Wildman–Crippen LogP) is 1.04. The van der Waals surface area contributed by atoms with Crippen LogP contribution in [-0.2, 0) is 10.8 Å². The van der Waals surface area contributed by atoms with Gasteiger partial charge in [-0.3, -0.25) is 4.21 Å². The second kappa shape index (κ2) is 6.61. The Labute approximate surface area is 95.1 Å². The first kappa shape index (κ1) is 13.1. The van der Waals surface area contributed by atoms with Gasteiger partial charge in [0.05, 0.1) is 6.10 Å². The van der Waals surface area contributed by atoms with E-state index in [-0.39, 0.29) is 17.4 Å². The molecule has 3 nitrogen and oxygen atoms in total. The molecule has 1 fully saturated rings. The fourth-order valence-electron chi connectivity index (χ4n) is 1.99. The highest BCUT2D eigenvalue weighted by Gasteiger charge is 2.22. The first-order chi connectivity index (χ1) is 7.11. The molecule has 2 N–H and O–H groups in total. The molecule has 0 heterocycles. The van der Waals surface area contributed by atoms with E-state index in [1.165, 1.54) is 6.42 Å². The maximum atomic E-state index is 11.1. The highest BCUT2D eigenvalue weighted by atomic mass is 32.2. The van der Waals surface area contributed by atoms with Crippen LogP contribution in [0.2, 0.25) is 0 Å². The summed E-state index contributed by atoms with van der Waals surface area (Å²) < 4.78 is 11.1. The van der Waals surface area contributed by atoms with E-state index in [1.807, 2.05) is 6.92 Å². The Morgan fingerprint density at radius 3 is 2.73 bits per heavy atom. The summed E-state index contributed by atoms with van der Waals surface area (Å²) in [4.78, 5) is 0. The van der Waals surface area contributed by atoms with Crippen molar-refractivity contribution in [2.45, 2.75) is 56.4 Å². The Kier molecular flexibility index (Phi) is 5.79. The molecule has 0 aromatic carbocycles. The maximum Gasteiger partial charge on any atom is 0.0693 e. The van der Waals surface area contributed by atoms with Crippen LogP contribution in [0.1, 0.15) is 39.0 Å². The van der Waals surface area contributed by atoms with Crippen molar-refractivity contribution in [2.75, 3.05) is 12.8 Å². The molecule has 4 unspecified atom stereocenters. The number of aliphatic hydroxyl groups is 1. The quantitative estimate of drug-likeness (QED) is 0.746. The zero-order valence-electron chi connectivity index (χ0n) is 9.74. The van der Waals surface area contributed by atoms with Gasteiger partial charge in [0, 0.05) is 28.3 Å². The average molecular weight is 233 g/mol. The molecule has 1 aliphatic rings. The topological polar surface area (TPSA) is 49.3 Å². The van der Waals surface area contributed by atoms with Crippen molar-refractivity contribution in [2.24, 2.45) is 0 Å². The molecule has 15 heavy (non-hydrogen) atoms. The summed E-state index contributed by atoms with van der Waals surface area (Å²) >= 11 is 0. The summed E-state index contributed by atoms with van der Waals surface area (Å²) in [5.74, 6) is 0. The number of hydrogen-bond acceptors (Lipinski definition) is 3. The van der Waals surface area contributed by atoms with Gasteiger partial charge in [0.2, 0.25) is 0 Å². The summed E-state index contributed by atoms with van der Waals surface area (Å²) in [5, 5.41) is 13.3. The SMILES string of the molecule is CC(CCNC1CCCCC1O)S(C)=O. The minimum Gasteiger partial charge on any atom is -0.392 e. The van der Waals surface area contributed by atoms with Gasteiger partial charge in [0.1, 0.15) is 0 Å². The van der Waals surface area contributed by atoms with Crippen LogP contribution in [0, 0.1) is 0 Å². The van der Waals surface area contributed by atoms with Crippen LogP contribution in [-0.4, -0.2) is 39.5 Å². The van der Waals surface area contributed by atoms with E-state index in [4.69, 9.17) is 0 Å². The van der Waals surface area contributed by atoms with Gasteiger partial charge in [-0.2, -0.15) is 0 Å². The van der Waals surface area contributed by atoms with Gasteiger partial charge in [-0.25, -0.2) is 0 Å². The summed E-state index contributed by atoms with van der Waals surface area (Å²) in [6.07, 6.45) is 6.85. The van der Waals surface area contributed by atoms with E-state index in [1.54, 1.807) is 6.26 Å². The second-order valence-corrected chi connectivity index (χ2v) is 6.31. The molecule has 90 valence electrons. The lowest BCUT2D eigenvalue weighted by molar-refractivity contribution is 0.0911.